The van der Waals surface area contributed by atoms with Gasteiger partial charge in [0.25, 0.3) is 0 Å². The Morgan fingerprint density at radius 3 is 1.49 bits per heavy atom. The van der Waals surface area contributed by atoms with Crippen molar-refractivity contribution in [2.45, 2.75) is 161 Å². The fourth-order valence-corrected chi connectivity index (χ4v) is 6.34. The molecule has 0 heterocycles. The van der Waals surface area contributed by atoms with Gasteiger partial charge in [-0.15, -0.1) is 0 Å². The average Bonchev–Trinajstić information content (AvgIpc) is 2.96. The first-order chi connectivity index (χ1) is 20.0. The smallest absolute Gasteiger partial charge is 0.157 e. The zero-order chi connectivity index (χ0) is 29.9. The van der Waals surface area contributed by atoms with Gasteiger partial charge in [0.05, 0.1) is 25.3 Å². The monoisotopic (exact) mass is 590 g/mol. The predicted molar refractivity (Wildman–Crippen MR) is 188 cm³/mol. The Kier molecular flexibility index (Phi) is 25.2. The Balaban J connectivity index is 2.15. The minimum absolute atomic E-state index is 0.0136. The summed E-state index contributed by atoms with van der Waals surface area (Å²) in [6.45, 7) is 13.5. The normalized spacial score (nSPS) is 12.2. The van der Waals surface area contributed by atoms with E-state index in [9.17, 15) is 0 Å². The Morgan fingerprint density at radius 1 is 0.561 bits per heavy atom. The summed E-state index contributed by atoms with van der Waals surface area (Å²) in [6, 6.07) is 9.20. The van der Waals surface area contributed by atoms with E-state index < -0.39 is 7.26 Å². The van der Waals surface area contributed by atoms with Gasteiger partial charge in [0, 0.05) is 20.5 Å². The molecule has 0 aliphatic rings. The molecule has 0 radical (unpaired) electrons. The number of hydrogen-bond donors (Lipinski definition) is 0. The van der Waals surface area contributed by atoms with Crippen LogP contribution in [0.1, 0.15) is 161 Å². The molecule has 0 unspecified atom stereocenters. The summed E-state index contributed by atoms with van der Waals surface area (Å²) in [5.41, 5.74) is 1.33. The highest BCUT2D eigenvalue weighted by Gasteiger charge is 2.20. The van der Waals surface area contributed by atoms with Crippen LogP contribution in [0.2, 0.25) is 0 Å². The second-order valence-electron chi connectivity index (χ2n) is 13.1. The maximum absolute atomic E-state index is 6.23. The molecule has 2 nitrogen and oxygen atoms in total. The molecular weight excluding hydrogens is 519 g/mol. The molecule has 41 heavy (non-hydrogen) atoms. The van der Waals surface area contributed by atoms with Crippen LogP contribution in [0.25, 0.3) is 6.08 Å². The van der Waals surface area contributed by atoms with Crippen LogP contribution in [0.4, 0.5) is 0 Å². The van der Waals surface area contributed by atoms with Crippen LogP contribution in [0.15, 0.2) is 30.3 Å². The number of benzene rings is 1. The third kappa shape index (κ3) is 23.4. The van der Waals surface area contributed by atoms with Gasteiger partial charge in [-0.1, -0.05) is 141 Å². The first kappa shape index (κ1) is 38.3. The van der Waals surface area contributed by atoms with E-state index in [4.69, 9.17) is 9.47 Å². The van der Waals surface area contributed by atoms with Crippen molar-refractivity contribution in [1.29, 1.82) is 0 Å². The van der Waals surface area contributed by atoms with Crippen molar-refractivity contribution in [1.82, 2.24) is 0 Å². The molecule has 0 atom stereocenters. The van der Waals surface area contributed by atoms with Crippen molar-refractivity contribution in [3.63, 3.8) is 0 Å². The van der Waals surface area contributed by atoms with Crippen LogP contribution in [0.3, 0.4) is 0 Å². The summed E-state index contributed by atoms with van der Waals surface area (Å²) in [6.07, 6.45) is 33.4. The largest absolute Gasteiger partial charge is 0.353 e. The molecule has 0 aliphatic heterocycles. The average molecular weight is 590 g/mol. The van der Waals surface area contributed by atoms with Crippen molar-refractivity contribution in [2.75, 3.05) is 33.2 Å². The van der Waals surface area contributed by atoms with E-state index in [1.165, 1.54) is 146 Å². The van der Waals surface area contributed by atoms with Crippen LogP contribution in [-0.2, 0) is 9.47 Å². The lowest BCUT2D eigenvalue weighted by atomic mass is 10.1. The van der Waals surface area contributed by atoms with Gasteiger partial charge in [-0.2, -0.15) is 0 Å². The molecule has 1 aromatic carbocycles. The molecule has 0 amide bonds. The molecule has 1 aromatic rings. The lowest BCUT2D eigenvalue weighted by Crippen LogP contribution is -2.19. The highest BCUT2D eigenvalue weighted by atomic mass is 31.2. The summed E-state index contributed by atoms with van der Waals surface area (Å²) in [5, 5.41) is 1.51. The summed E-state index contributed by atoms with van der Waals surface area (Å²) < 4.78 is 12.5. The molecule has 0 aliphatic carbocycles. The van der Waals surface area contributed by atoms with Crippen molar-refractivity contribution in [3.05, 3.63) is 35.9 Å². The standard InChI is InChI=1S/C38H70O2P/c1-6-8-10-12-18-22-26-34-39-38(40-35-27-23-19-13-11-9-7-2)29-25-21-17-15-14-16-20-24-28-36-30-32-37(33-31-36)41(3,4)5/h24,28,30-33,38H,6-23,25-27,29,34-35H2,1-5H3/q+1. The third-order valence-corrected chi connectivity index (χ3v) is 9.99. The summed E-state index contributed by atoms with van der Waals surface area (Å²) in [5.74, 6) is 0. The van der Waals surface area contributed by atoms with E-state index in [1.807, 2.05) is 0 Å². The lowest BCUT2D eigenvalue weighted by molar-refractivity contribution is -0.148. The van der Waals surface area contributed by atoms with Crippen molar-refractivity contribution in [3.8, 4) is 0 Å². The van der Waals surface area contributed by atoms with Gasteiger partial charge in [0.15, 0.2) is 6.29 Å². The highest BCUT2D eigenvalue weighted by Crippen LogP contribution is 2.44. The maximum atomic E-state index is 6.23. The second kappa shape index (κ2) is 26.9. The molecule has 0 N–H and O–H groups in total. The van der Waals surface area contributed by atoms with E-state index in [2.05, 4.69) is 70.3 Å². The Bertz CT molecular complexity index is 686. The number of allylic oxidation sites excluding steroid dienone is 1. The SMILES string of the molecule is CCCCCCCCCOC(CCCCCCCCC=Cc1ccc([P+](C)(C)C)cc1)OCCCCCCCCC. The van der Waals surface area contributed by atoms with Crippen LogP contribution in [0.5, 0.6) is 0 Å². The fraction of sp³-hybridized carbons (Fsp3) is 0.789. The summed E-state index contributed by atoms with van der Waals surface area (Å²) in [4.78, 5) is 0. The second-order valence-corrected chi connectivity index (χ2v) is 17.7. The number of rotatable bonds is 29. The van der Waals surface area contributed by atoms with Gasteiger partial charge in [0.1, 0.15) is 0 Å². The maximum Gasteiger partial charge on any atom is 0.157 e. The molecule has 0 fully saturated rings. The molecular formula is C38H70O2P+. The minimum atomic E-state index is -0.909. The van der Waals surface area contributed by atoms with Gasteiger partial charge in [0.2, 0.25) is 0 Å². The molecule has 0 saturated heterocycles. The zero-order valence-electron chi connectivity index (χ0n) is 28.3. The van der Waals surface area contributed by atoms with Crippen LogP contribution in [-0.4, -0.2) is 39.5 Å². The lowest BCUT2D eigenvalue weighted by Gasteiger charge is -2.19. The topological polar surface area (TPSA) is 18.5 Å². The van der Waals surface area contributed by atoms with E-state index in [1.54, 1.807) is 0 Å². The molecule has 3 heteroatoms. The molecule has 0 aromatic heterocycles. The van der Waals surface area contributed by atoms with Crippen molar-refractivity contribution < 1.29 is 9.47 Å². The van der Waals surface area contributed by atoms with E-state index in [0.717, 1.165) is 19.6 Å². The summed E-state index contributed by atoms with van der Waals surface area (Å²) in [7, 11) is -0.909. The number of ether oxygens (including phenoxy) is 2. The van der Waals surface area contributed by atoms with Crippen LogP contribution < -0.4 is 5.30 Å². The quantitative estimate of drug-likeness (QED) is 0.0525. The van der Waals surface area contributed by atoms with Crippen LogP contribution in [0, 0.1) is 0 Å². The van der Waals surface area contributed by atoms with Gasteiger partial charge in [-0.25, -0.2) is 0 Å². The van der Waals surface area contributed by atoms with E-state index in [0.29, 0.717) is 0 Å². The Morgan fingerprint density at radius 2 is 1.00 bits per heavy atom. The molecule has 238 valence electrons. The van der Waals surface area contributed by atoms with E-state index >= 15 is 0 Å². The van der Waals surface area contributed by atoms with E-state index in [-0.39, 0.29) is 6.29 Å². The molecule has 0 saturated carbocycles. The molecule has 0 bridgehead atoms. The first-order valence-corrected chi connectivity index (χ1v) is 20.9. The highest BCUT2D eigenvalue weighted by molar-refractivity contribution is 7.80. The van der Waals surface area contributed by atoms with Gasteiger partial charge < -0.3 is 9.47 Å². The van der Waals surface area contributed by atoms with Crippen molar-refractivity contribution in [2.24, 2.45) is 0 Å². The van der Waals surface area contributed by atoms with Crippen molar-refractivity contribution >= 4 is 18.6 Å². The number of unbranched alkanes of at least 4 members (excludes halogenated alkanes) is 18. The zero-order valence-corrected chi connectivity index (χ0v) is 29.2. The Labute approximate surface area is 258 Å². The minimum Gasteiger partial charge on any atom is -0.353 e. The van der Waals surface area contributed by atoms with Crippen LogP contribution >= 0.6 is 7.26 Å². The summed E-state index contributed by atoms with van der Waals surface area (Å²) >= 11 is 0. The van der Waals surface area contributed by atoms with Gasteiger partial charge in [-0.3, -0.25) is 0 Å². The molecule has 0 spiro atoms. The third-order valence-electron chi connectivity index (χ3n) is 8.14. The first-order valence-electron chi connectivity index (χ1n) is 17.8. The van der Waals surface area contributed by atoms with Gasteiger partial charge in [-0.05, 0) is 56.2 Å². The fourth-order valence-electron chi connectivity index (χ4n) is 5.30. The van der Waals surface area contributed by atoms with Gasteiger partial charge >= 0.3 is 0 Å². The Hall–Kier alpha value is -0.690. The predicted octanol–water partition coefficient (Wildman–Crippen LogP) is 12.2. The number of hydrogen-bond acceptors (Lipinski definition) is 2. The molecule has 1 rings (SSSR count).